The smallest absolute Gasteiger partial charge is 0.240 e. The first-order chi connectivity index (χ1) is 13.3. The number of aliphatic hydroxyl groups is 1. The van der Waals surface area contributed by atoms with Crippen LogP contribution in [0.15, 0.2) is 63.5 Å². The molecule has 0 aliphatic carbocycles. The van der Waals surface area contributed by atoms with Crippen molar-refractivity contribution in [1.82, 2.24) is 4.72 Å². The Hall–Kier alpha value is -1.71. The molecule has 150 valence electrons. The summed E-state index contributed by atoms with van der Waals surface area (Å²) in [6.45, 7) is 4.51. The maximum absolute atomic E-state index is 12.7. The summed E-state index contributed by atoms with van der Waals surface area (Å²) >= 11 is 2.84. The van der Waals surface area contributed by atoms with Crippen LogP contribution in [0, 0.1) is 5.92 Å². The topological polar surface area (TPSA) is 75.6 Å². The average Bonchev–Trinajstić information content (AvgIpc) is 3.39. The van der Waals surface area contributed by atoms with Gasteiger partial charge in [-0.1, -0.05) is 19.9 Å². The first kappa shape index (κ1) is 21.0. The molecule has 0 aliphatic heterocycles. The van der Waals surface area contributed by atoms with E-state index in [1.165, 1.54) is 34.8 Å². The molecular weight excluding hydrogens is 414 g/mol. The summed E-state index contributed by atoms with van der Waals surface area (Å²) < 4.78 is 33.6. The van der Waals surface area contributed by atoms with Crippen LogP contribution in [0.1, 0.15) is 24.3 Å². The first-order valence-corrected chi connectivity index (χ1v) is 12.1. The van der Waals surface area contributed by atoms with E-state index in [1.54, 1.807) is 24.3 Å². The Kier molecular flexibility index (Phi) is 6.57. The van der Waals surface area contributed by atoms with E-state index in [4.69, 9.17) is 4.74 Å². The van der Waals surface area contributed by atoms with Crippen molar-refractivity contribution in [2.45, 2.75) is 24.3 Å². The molecule has 3 rings (SSSR count). The van der Waals surface area contributed by atoms with Crippen LogP contribution in [0.5, 0.6) is 5.75 Å². The van der Waals surface area contributed by atoms with Crippen molar-refractivity contribution in [1.29, 1.82) is 0 Å². The Morgan fingerprint density at radius 1 is 1.14 bits per heavy atom. The zero-order chi connectivity index (χ0) is 20.2. The highest BCUT2D eigenvalue weighted by Gasteiger charge is 2.34. The van der Waals surface area contributed by atoms with Gasteiger partial charge in [0.25, 0.3) is 0 Å². The summed E-state index contributed by atoms with van der Waals surface area (Å²) in [6, 6.07) is 11.7. The van der Waals surface area contributed by atoms with E-state index in [2.05, 4.69) is 4.72 Å². The fourth-order valence-corrected chi connectivity index (χ4v) is 5.24. The van der Waals surface area contributed by atoms with Gasteiger partial charge in [0.2, 0.25) is 10.0 Å². The number of hydrogen-bond acceptors (Lipinski definition) is 6. The Bertz CT molecular complexity index is 929. The molecule has 0 saturated carbocycles. The summed E-state index contributed by atoms with van der Waals surface area (Å²) in [5.41, 5.74) is -0.748. The molecule has 3 aromatic rings. The van der Waals surface area contributed by atoms with Crippen molar-refractivity contribution in [3.8, 4) is 5.75 Å². The molecular formula is C20H23NO4S3. The number of sulfonamides is 1. The zero-order valence-corrected chi connectivity index (χ0v) is 18.1. The van der Waals surface area contributed by atoms with E-state index >= 15 is 0 Å². The van der Waals surface area contributed by atoms with Crippen molar-refractivity contribution in [2.24, 2.45) is 5.92 Å². The molecule has 0 fully saturated rings. The Balaban J connectivity index is 1.76. The summed E-state index contributed by atoms with van der Waals surface area (Å²) in [7, 11) is -3.78. The number of rotatable bonds is 9. The van der Waals surface area contributed by atoms with E-state index in [0.717, 1.165) is 0 Å². The molecule has 0 spiro atoms. The van der Waals surface area contributed by atoms with Gasteiger partial charge in [0, 0.05) is 17.0 Å². The molecule has 2 N–H and O–H groups in total. The minimum atomic E-state index is -3.78. The van der Waals surface area contributed by atoms with E-state index in [-0.39, 0.29) is 11.4 Å². The fourth-order valence-electron chi connectivity index (χ4n) is 2.61. The molecule has 0 bridgehead atoms. The maximum Gasteiger partial charge on any atom is 0.240 e. The standard InChI is InChI=1S/C20H23NO4S3/c1-15(2)12-25-17-5-7-18(8-6-17)28(23,24)21-14-20(22,16-9-11-26-13-16)19-4-3-10-27-19/h3-11,13,15,21-22H,12,14H2,1-2H3. The zero-order valence-electron chi connectivity index (χ0n) is 15.7. The van der Waals surface area contributed by atoms with Crippen molar-refractivity contribution >= 4 is 32.7 Å². The van der Waals surface area contributed by atoms with Gasteiger partial charge in [-0.2, -0.15) is 11.3 Å². The quantitative estimate of drug-likeness (QED) is 0.529. The minimum absolute atomic E-state index is 0.128. The molecule has 0 saturated heterocycles. The molecule has 2 heterocycles. The second-order valence-electron chi connectivity index (χ2n) is 6.85. The normalized spacial score (nSPS) is 14.1. The summed E-state index contributed by atoms with van der Waals surface area (Å²) in [5, 5.41) is 16.8. The van der Waals surface area contributed by atoms with Gasteiger partial charge in [-0.25, -0.2) is 13.1 Å². The van der Waals surface area contributed by atoms with Gasteiger partial charge in [0.05, 0.1) is 11.5 Å². The Morgan fingerprint density at radius 2 is 1.89 bits per heavy atom. The molecule has 28 heavy (non-hydrogen) atoms. The second kappa shape index (κ2) is 8.75. The van der Waals surface area contributed by atoms with E-state index in [0.29, 0.717) is 28.7 Å². The summed E-state index contributed by atoms with van der Waals surface area (Å²) in [5.74, 6) is 1.01. The van der Waals surface area contributed by atoms with Crippen LogP contribution in [0.4, 0.5) is 0 Å². The molecule has 0 radical (unpaired) electrons. The lowest BCUT2D eigenvalue weighted by atomic mass is 9.95. The van der Waals surface area contributed by atoms with Crippen LogP contribution in [-0.4, -0.2) is 26.7 Å². The number of hydrogen-bond donors (Lipinski definition) is 2. The van der Waals surface area contributed by atoms with E-state index in [9.17, 15) is 13.5 Å². The average molecular weight is 438 g/mol. The van der Waals surface area contributed by atoms with Crippen LogP contribution in [-0.2, 0) is 15.6 Å². The molecule has 5 nitrogen and oxygen atoms in total. The van der Waals surface area contributed by atoms with Crippen LogP contribution in [0.25, 0.3) is 0 Å². The predicted octanol–water partition coefficient (Wildman–Crippen LogP) is 4.06. The lowest BCUT2D eigenvalue weighted by molar-refractivity contribution is 0.0903. The fraction of sp³-hybridized carbons (Fsp3) is 0.300. The van der Waals surface area contributed by atoms with Gasteiger partial charge in [-0.15, -0.1) is 11.3 Å². The molecule has 0 amide bonds. The van der Waals surface area contributed by atoms with Crippen LogP contribution in [0.2, 0.25) is 0 Å². The maximum atomic E-state index is 12.7. The van der Waals surface area contributed by atoms with Gasteiger partial charge in [0.1, 0.15) is 11.4 Å². The van der Waals surface area contributed by atoms with Crippen LogP contribution >= 0.6 is 22.7 Å². The Morgan fingerprint density at radius 3 is 2.46 bits per heavy atom. The highest BCUT2D eigenvalue weighted by molar-refractivity contribution is 7.89. The van der Waals surface area contributed by atoms with Gasteiger partial charge in [0.15, 0.2) is 0 Å². The molecule has 1 unspecified atom stereocenters. The molecule has 1 atom stereocenters. The van der Waals surface area contributed by atoms with Gasteiger partial charge in [-0.05, 0) is 58.5 Å². The molecule has 8 heteroatoms. The lowest BCUT2D eigenvalue weighted by Gasteiger charge is -2.27. The minimum Gasteiger partial charge on any atom is -0.493 e. The third-order valence-electron chi connectivity index (χ3n) is 4.16. The molecule has 0 aliphatic rings. The Labute approximate surface area is 173 Å². The second-order valence-corrected chi connectivity index (χ2v) is 10.3. The van der Waals surface area contributed by atoms with Gasteiger partial charge < -0.3 is 9.84 Å². The van der Waals surface area contributed by atoms with Crippen molar-refractivity contribution in [2.75, 3.05) is 13.2 Å². The number of benzene rings is 1. The SMILES string of the molecule is CC(C)COc1ccc(S(=O)(=O)NCC(O)(c2ccsc2)c2cccs2)cc1. The van der Waals surface area contributed by atoms with Gasteiger partial charge in [-0.3, -0.25) is 0 Å². The number of thiophene rings is 2. The van der Waals surface area contributed by atoms with Gasteiger partial charge >= 0.3 is 0 Å². The lowest BCUT2D eigenvalue weighted by Crippen LogP contribution is -2.40. The highest BCUT2D eigenvalue weighted by Crippen LogP contribution is 2.34. The van der Waals surface area contributed by atoms with Crippen molar-refractivity contribution in [3.05, 3.63) is 69.0 Å². The van der Waals surface area contributed by atoms with Crippen LogP contribution < -0.4 is 9.46 Å². The monoisotopic (exact) mass is 437 g/mol. The molecule has 1 aromatic carbocycles. The van der Waals surface area contributed by atoms with E-state index < -0.39 is 15.6 Å². The van der Waals surface area contributed by atoms with Crippen molar-refractivity contribution < 1.29 is 18.3 Å². The summed E-state index contributed by atoms with van der Waals surface area (Å²) in [4.78, 5) is 0.814. The first-order valence-electron chi connectivity index (χ1n) is 8.83. The third kappa shape index (κ3) is 4.82. The van der Waals surface area contributed by atoms with Crippen LogP contribution in [0.3, 0.4) is 0 Å². The number of ether oxygens (including phenoxy) is 1. The third-order valence-corrected chi connectivity index (χ3v) is 7.28. The van der Waals surface area contributed by atoms with Crippen molar-refractivity contribution in [3.63, 3.8) is 0 Å². The molecule has 2 aromatic heterocycles. The van der Waals surface area contributed by atoms with E-state index in [1.807, 2.05) is 36.1 Å². The summed E-state index contributed by atoms with van der Waals surface area (Å²) in [6.07, 6.45) is 0. The highest BCUT2D eigenvalue weighted by atomic mass is 32.2. The predicted molar refractivity (Wildman–Crippen MR) is 114 cm³/mol. The number of nitrogens with one attached hydrogen (secondary N) is 1. The largest absolute Gasteiger partial charge is 0.493 e.